The molecule has 94 valence electrons. The molecule has 0 spiro atoms. The maximum atomic E-state index is 11.8. The van der Waals surface area contributed by atoms with Gasteiger partial charge in [0.05, 0.1) is 0 Å². The molecular formula is C15H17NO2. The van der Waals surface area contributed by atoms with Crippen LogP contribution in [0.15, 0.2) is 40.8 Å². The Kier molecular flexibility index (Phi) is 3.82. The van der Waals surface area contributed by atoms with E-state index in [9.17, 15) is 4.79 Å². The average molecular weight is 243 g/mol. The van der Waals surface area contributed by atoms with Gasteiger partial charge in [0.25, 0.3) is 5.91 Å². The predicted molar refractivity (Wildman–Crippen MR) is 71.8 cm³/mol. The molecule has 0 saturated heterocycles. The van der Waals surface area contributed by atoms with Gasteiger partial charge in [-0.2, -0.15) is 0 Å². The summed E-state index contributed by atoms with van der Waals surface area (Å²) < 4.78 is 5.27. The van der Waals surface area contributed by atoms with Gasteiger partial charge < -0.3 is 9.73 Å². The van der Waals surface area contributed by atoms with Gasteiger partial charge in [-0.1, -0.05) is 25.5 Å². The van der Waals surface area contributed by atoms with Crippen LogP contribution < -0.4 is 5.32 Å². The molecule has 0 aliphatic rings. The number of carbonyl (C=O) groups excluding carboxylic acids is 1. The lowest BCUT2D eigenvalue weighted by atomic mass is 10.1. The second-order valence-electron chi connectivity index (χ2n) is 4.31. The molecule has 0 saturated carbocycles. The number of carbonyl (C=O) groups is 1. The maximum Gasteiger partial charge on any atom is 0.291 e. The molecule has 2 aromatic rings. The predicted octanol–water partition coefficient (Wildman–Crippen LogP) is 3.79. The fourth-order valence-electron chi connectivity index (χ4n) is 1.79. The zero-order valence-electron chi connectivity index (χ0n) is 10.7. The molecule has 0 unspecified atom stereocenters. The van der Waals surface area contributed by atoms with E-state index in [0.717, 1.165) is 24.3 Å². The van der Waals surface area contributed by atoms with Gasteiger partial charge in [-0.15, -0.1) is 0 Å². The Morgan fingerprint density at radius 1 is 1.17 bits per heavy atom. The Morgan fingerprint density at radius 2 is 1.89 bits per heavy atom. The minimum atomic E-state index is -0.216. The van der Waals surface area contributed by atoms with Crippen LogP contribution in [0.25, 0.3) is 0 Å². The number of anilines is 1. The van der Waals surface area contributed by atoms with Crippen LogP contribution in [-0.4, -0.2) is 5.91 Å². The summed E-state index contributed by atoms with van der Waals surface area (Å²) >= 11 is 0. The molecule has 1 N–H and O–H groups in total. The van der Waals surface area contributed by atoms with E-state index in [0.29, 0.717) is 5.76 Å². The third-order valence-corrected chi connectivity index (χ3v) is 2.71. The number of furan rings is 1. The zero-order valence-corrected chi connectivity index (χ0v) is 10.7. The molecule has 1 aromatic heterocycles. The summed E-state index contributed by atoms with van der Waals surface area (Å²) in [5.74, 6) is 0.856. The minimum Gasteiger partial charge on any atom is -0.456 e. The largest absolute Gasteiger partial charge is 0.456 e. The molecule has 3 nitrogen and oxygen atoms in total. The van der Waals surface area contributed by atoms with E-state index in [1.165, 1.54) is 5.56 Å². The highest BCUT2D eigenvalue weighted by Crippen LogP contribution is 2.13. The summed E-state index contributed by atoms with van der Waals surface area (Å²) in [6.45, 7) is 3.96. The van der Waals surface area contributed by atoms with Gasteiger partial charge in [-0.25, -0.2) is 0 Å². The normalized spacial score (nSPS) is 10.3. The molecule has 1 aromatic carbocycles. The number of hydrogen-bond donors (Lipinski definition) is 1. The Hall–Kier alpha value is -2.03. The van der Waals surface area contributed by atoms with Crippen LogP contribution in [0.2, 0.25) is 0 Å². The molecule has 0 aliphatic heterocycles. The number of nitrogens with one attached hydrogen (secondary N) is 1. The number of rotatable bonds is 4. The van der Waals surface area contributed by atoms with E-state index in [1.807, 2.05) is 31.2 Å². The molecule has 2 rings (SSSR count). The summed E-state index contributed by atoms with van der Waals surface area (Å²) in [6, 6.07) is 11.4. The van der Waals surface area contributed by atoms with Crippen molar-refractivity contribution in [1.82, 2.24) is 0 Å². The van der Waals surface area contributed by atoms with Crippen molar-refractivity contribution in [2.24, 2.45) is 0 Å². The van der Waals surface area contributed by atoms with E-state index >= 15 is 0 Å². The van der Waals surface area contributed by atoms with E-state index in [-0.39, 0.29) is 5.91 Å². The summed E-state index contributed by atoms with van der Waals surface area (Å²) in [5, 5.41) is 2.81. The lowest BCUT2D eigenvalue weighted by molar-refractivity contribution is 0.0995. The van der Waals surface area contributed by atoms with Gasteiger partial charge in [0.1, 0.15) is 5.76 Å². The monoisotopic (exact) mass is 243 g/mol. The zero-order chi connectivity index (χ0) is 13.0. The molecule has 1 heterocycles. The summed E-state index contributed by atoms with van der Waals surface area (Å²) in [6.07, 6.45) is 2.18. The van der Waals surface area contributed by atoms with Crippen molar-refractivity contribution < 1.29 is 9.21 Å². The fraction of sp³-hybridized carbons (Fsp3) is 0.267. The Morgan fingerprint density at radius 3 is 2.44 bits per heavy atom. The van der Waals surface area contributed by atoms with E-state index in [1.54, 1.807) is 12.1 Å². The quantitative estimate of drug-likeness (QED) is 0.887. The number of hydrogen-bond acceptors (Lipinski definition) is 2. The fourth-order valence-corrected chi connectivity index (χ4v) is 1.79. The highest BCUT2D eigenvalue weighted by molar-refractivity contribution is 6.02. The average Bonchev–Trinajstić information content (AvgIpc) is 2.79. The van der Waals surface area contributed by atoms with Gasteiger partial charge in [-0.3, -0.25) is 4.79 Å². The van der Waals surface area contributed by atoms with E-state index < -0.39 is 0 Å². The first kappa shape index (κ1) is 12.4. The summed E-state index contributed by atoms with van der Waals surface area (Å²) in [5.41, 5.74) is 2.07. The summed E-state index contributed by atoms with van der Waals surface area (Å²) in [7, 11) is 0. The van der Waals surface area contributed by atoms with Crippen molar-refractivity contribution in [2.45, 2.75) is 26.7 Å². The van der Waals surface area contributed by atoms with Crippen molar-refractivity contribution in [2.75, 3.05) is 5.32 Å². The lowest BCUT2D eigenvalue weighted by Crippen LogP contribution is -2.10. The van der Waals surface area contributed by atoms with Crippen LogP contribution >= 0.6 is 0 Å². The Bertz CT molecular complexity index is 526. The summed E-state index contributed by atoms with van der Waals surface area (Å²) in [4.78, 5) is 11.8. The van der Waals surface area contributed by atoms with E-state index in [2.05, 4.69) is 12.2 Å². The molecule has 0 bridgehead atoms. The molecule has 1 amide bonds. The van der Waals surface area contributed by atoms with Crippen molar-refractivity contribution in [1.29, 1.82) is 0 Å². The van der Waals surface area contributed by atoms with Crippen molar-refractivity contribution in [3.05, 3.63) is 53.5 Å². The molecule has 0 radical (unpaired) electrons. The number of amides is 1. The van der Waals surface area contributed by atoms with Crippen LogP contribution in [0.3, 0.4) is 0 Å². The van der Waals surface area contributed by atoms with E-state index in [4.69, 9.17) is 4.42 Å². The van der Waals surface area contributed by atoms with Gasteiger partial charge in [0.15, 0.2) is 5.76 Å². The molecule has 3 heteroatoms. The maximum absolute atomic E-state index is 11.8. The smallest absolute Gasteiger partial charge is 0.291 e. The first-order valence-corrected chi connectivity index (χ1v) is 6.16. The lowest BCUT2D eigenvalue weighted by Gasteiger charge is -2.04. The third-order valence-electron chi connectivity index (χ3n) is 2.71. The Labute approximate surface area is 107 Å². The van der Waals surface area contributed by atoms with Crippen LogP contribution in [-0.2, 0) is 6.42 Å². The molecule has 0 atom stereocenters. The second kappa shape index (κ2) is 5.54. The van der Waals surface area contributed by atoms with Crippen LogP contribution in [0.4, 0.5) is 5.69 Å². The molecule has 18 heavy (non-hydrogen) atoms. The second-order valence-corrected chi connectivity index (χ2v) is 4.31. The highest BCUT2D eigenvalue weighted by Gasteiger charge is 2.09. The van der Waals surface area contributed by atoms with Crippen molar-refractivity contribution in [3.63, 3.8) is 0 Å². The third kappa shape index (κ3) is 3.00. The van der Waals surface area contributed by atoms with Crippen LogP contribution in [0, 0.1) is 6.92 Å². The SMILES string of the molecule is CCCc1ccc(NC(=O)c2ccc(C)o2)cc1. The van der Waals surface area contributed by atoms with Crippen LogP contribution in [0.5, 0.6) is 0 Å². The molecule has 0 aliphatic carbocycles. The standard InChI is InChI=1S/C15H17NO2/c1-3-4-12-6-8-13(9-7-12)16-15(17)14-10-5-11(2)18-14/h5-10H,3-4H2,1-2H3,(H,16,17). The first-order chi connectivity index (χ1) is 8.69. The van der Waals surface area contributed by atoms with Gasteiger partial charge >= 0.3 is 0 Å². The van der Waals surface area contributed by atoms with Crippen LogP contribution in [0.1, 0.15) is 35.2 Å². The topological polar surface area (TPSA) is 42.2 Å². The van der Waals surface area contributed by atoms with Crippen molar-refractivity contribution >= 4 is 11.6 Å². The highest BCUT2D eigenvalue weighted by atomic mass is 16.3. The minimum absolute atomic E-state index is 0.216. The van der Waals surface area contributed by atoms with Gasteiger partial charge in [-0.05, 0) is 43.2 Å². The van der Waals surface area contributed by atoms with Gasteiger partial charge in [0.2, 0.25) is 0 Å². The molecular weight excluding hydrogens is 226 g/mol. The first-order valence-electron chi connectivity index (χ1n) is 6.16. The Balaban J connectivity index is 2.03. The van der Waals surface area contributed by atoms with Gasteiger partial charge in [0, 0.05) is 5.69 Å². The van der Waals surface area contributed by atoms with Crippen molar-refractivity contribution in [3.8, 4) is 0 Å². The number of aryl methyl sites for hydroxylation is 2. The molecule has 0 fully saturated rings. The number of benzene rings is 1.